The molecule has 3 rings (SSSR count). The smallest absolute Gasteiger partial charge is 0.309 e. The average molecular weight is 359 g/mol. The molecule has 0 atom stereocenters. The number of halogens is 1. The Morgan fingerprint density at radius 2 is 2.12 bits per heavy atom. The van der Waals surface area contributed by atoms with E-state index in [1.807, 2.05) is 19.1 Å². The normalized spacial score (nSPS) is 11.3. The Morgan fingerprint density at radius 3 is 2.80 bits per heavy atom. The second kappa shape index (κ2) is 6.90. The summed E-state index contributed by atoms with van der Waals surface area (Å²) >= 11 is 6.08. The SMILES string of the molecule is COc1ccc(N=Nc2c(CC(=O)O)nc3cc(C)ccn23)cc1Cl. The molecule has 1 N–H and O–H groups in total. The molecule has 0 amide bonds. The van der Waals surface area contributed by atoms with E-state index in [0.717, 1.165) is 5.56 Å². The van der Waals surface area contributed by atoms with Gasteiger partial charge in [-0.2, -0.15) is 0 Å². The zero-order chi connectivity index (χ0) is 18.0. The Labute approximate surface area is 148 Å². The molecule has 1 aromatic carbocycles. The Kier molecular flexibility index (Phi) is 4.67. The first-order valence-corrected chi connectivity index (χ1v) is 7.80. The van der Waals surface area contributed by atoms with Crippen molar-refractivity contribution in [2.24, 2.45) is 10.2 Å². The van der Waals surface area contributed by atoms with Crippen LogP contribution in [0.5, 0.6) is 5.75 Å². The lowest BCUT2D eigenvalue weighted by Gasteiger charge is -2.02. The van der Waals surface area contributed by atoms with Crippen LogP contribution in [-0.2, 0) is 11.2 Å². The molecule has 0 aliphatic rings. The van der Waals surface area contributed by atoms with Crippen LogP contribution in [0.15, 0.2) is 46.8 Å². The van der Waals surface area contributed by atoms with Gasteiger partial charge >= 0.3 is 5.97 Å². The summed E-state index contributed by atoms with van der Waals surface area (Å²) in [4.78, 5) is 15.5. The van der Waals surface area contributed by atoms with Gasteiger partial charge in [0.05, 0.1) is 29.9 Å². The first kappa shape index (κ1) is 16.9. The first-order chi connectivity index (χ1) is 12.0. The lowest BCUT2D eigenvalue weighted by atomic mass is 10.3. The van der Waals surface area contributed by atoms with Crippen LogP contribution in [0.1, 0.15) is 11.3 Å². The molecule has 2 heterocycles. The fourth-order valence-electron chi connectivity index (χ4n) is 2.37. The summed E-state index contributed by atoms with van der Waals surface area (Å²) in [6, 6.07) is 8.76. The van der Waals surface area contributed by atoms with Gasteiger partial charge in [0.15, 0.2) is 5.82 Å². The van der Waals surface area contributed by atoms with Gasteiger partial charge in [-0.1, -0.05) is 11.6 Å². The number of aryl methyl sites for hydroxylation is 1. The van der Waals surface area contributed by atoms with E-state index in [4.69, 9.17) is 21.4 Å². The predicted octanol–water partition coefficient (Wildman–Crippen LogP) is 4.35. The van der Waals surface area contributed by atoms with Crippen LogP contribution >= 0.6 is 11.6 Å². The van der Waals surface area contributed by atoms with Crippen LogP contribution in [0.25, 0.3) is 5.65 Å². The second-order valence-electron chi connectivity index (χ2n) is 5.40. The molecule has 3 aromatic rings. The summed E-state index contributed by atoms with van der Waals surface area (Å²) in [5.74, 6) is -0.0640. The van der Waals surface area contributed by atoms with Crippen molar-refractivity contribution in [3.8, 4) is 5.75 Å². The highest BCUT2D eigenvalue weighted by Gasteiger charge is 2.15. The number of pyridine rings is 1. The molecule has 0 aliphatic heterocycles. The molecule has 0 bridgehead atoms. The zero-order valence-corrected chi connectivity index (χ0v) is 14.4. The molecule has 0 saturated heterocycles. The van der Waals surface area contributed by atoms with Gasteiger partial charge in [-0.05, 0) is 42.8 Å². The Morgan fingerprint density at radius 1 is 1.32 bits per heavy atom. The maximum Gasteiger partial charge on any atom is 0.309 e. The Bertz CT molecular complexity index is 981. The van der Waals surface area contributed by atoms with Gasteiger partial charge < -0.3 is 9.84 Å². The van der Waals surface area contributed by atoms with Gasteiger partial charge in [-0.15, -0.1) is 10.2 Å². The van der Waals surface area contributed by atoms with Gasteiger partial charge in [-0.3, -0.25) is 9.20 Å². The van der Waals surface area contributed by atoms with Crippen LogP contribution in [0.4, 0.5) is 11.5 Å². The number of carboxylic acids is 1. The first-order valence-electron chi connectivity index (χ1n) is 7.42. The molecule has 8 heteroatoms. The number of aromatic nitrogens is 2. The van der Waals surface area contributed by atoms with Crippen molar-refractivity contribution in [3.63, 3.8) is 0 Å². The van der Waals surface area contributed by atoms with Crippen molar-refractivity contribution in [3.05, 3.63) is 52.8 Å². The third-order valence-electron chi connectivity index (χ3n) is 3.54. The monoisotopic (exact) mass is 358 g/mol. The van der Waals surface area contributed by atoms with Crippen LogP contribution in [0.2, 0.25) is 5.02 Å². The molecule has 0 aliphatic carbocycles. The molecule has 0 unspecified atom stereocenters. The summed E-state index contributed by atoms with van der Waals surface area (Å²) in [5.41, 5.74) is 2.51. The van der Waals surface area contributed by atoms with E-state index in [9.17, 15) is 4.79 Å². The van der Waals surface area contributed by atoms with E-state index in [2.05, 4.69) is 15.2 Å². The van der Waals surface area contributed by atoms with Crippen LogP contribution in [0, 0.1) is 6.92 Å². The number of azo groups is 1. The maximum atomic E-state index is 11.1. The van der Waals surface area contributed by atoms with E-state index in [-0.39, 0.29) is 6.42 Å². The number of benzene rings is 1. The quantitative estimate of drug-likeness (QED) is 0.687. The molecule has 0 fully saturated rings. The number of hydrogen-bond acceptors (Lipinski definition) is 5. The summed E-state index contributed by atoms with van der Waals surface area (Å²) in [6.45, 7) is 1.94. The third kappa shape index (κ3) is 3.61. The van der Waals surface area contributed by atoms with Gasteiger partial charge in [0, 0.05) is 6.20 Å². The molecular formula is C17H15ClN4O3. The summed E-state index contributed by atoms with van der Waals surface area (Å²) in [6.07, 6.45) is 1.55. The minimum atomic E-state index is -0.982. The average Bonchev–Trinajstić information content (AvgIpc) is 2.88. The minimum absolute atomic E-state index is 0.238. The number of rotatable bonds is 5. The van der Waals surface area contributed by atoms with E-state index in [0.29, 0.717) is 33.6 Å². The fourth-order valence-corrected chi connectivity index (χ4v) is 2.62. The summed E-state index contributed by atoms with van der Waals surface area (Å²) in [7, 11) is 1.53. The van der Waals surface area contributed by atoms with Crippen molar-refractivity contribution >= 4 is 34.7 Å². The molecule has 25 heavy (non-hydrogen) atoms. The van der Waals surface area contributed by atoms with Gasteiger partial charge in [0.2, 0.25) is 0 Å². The maximum absolute atomic E-state index is 11.1. The number of imidazole rings is 1. The van der Waals surface area contributed by atoms with Crippen LogP contribution in [0.3, 0.4) is 0 Å². The lowest BCUT2D eigenvalue weighted by Crippen LogP contribution is -2.00. The van der Waals surface area contributed by atoms with E-state index in [1.165, 1.54) is 7.11 Å². The number of ether oxygens (including phenoxy) is 1. The number of carbonyl (C=O) groups is 1. The number of nitrogens with zero attached hydrogens (tertiary/aromatic N) is 4. The third-order valence-corrected chi connectivity index (χ3v) is 3.84. The van der Waals surface area contributed by atoms with Crippen LogP contribution in [-0.4, -0.2) is 27.6 Å². The van der Waals surface area contributed by atoms with E-state index in [1.54, 1.807) is 28.8 Å². The standard InChI is InChI=1S/C17H15ClN4O3/c1-10-5-6-22-15(7-10)19-13(9-16(23)24)17(22)21-20-11-3-4-14(25-2)12(18)8-11/h3-8H,9H2,1-2H3,(H,23,24). The summed E-state index contributed by atoms with van der Waals surface area (Å²) < 4.78 is 6.81. The van der Waals surface area contributed by atoms with E-state index < -0.39 is 5.97 Å². The molecule has 128 valence electrons. The zero-order valence-electron chi connectivity index (χ0n) is 13.6. The highest BCUT2D eigenvalue weighted by molar-refractivity contribution is 6.32. The van der Waals surface area contributed by atoms with E-state index >= 15 is 0 Å². The van der Waals surface area contributed by atoms with Gasteiger partial charge in [0.1, 0.15) is 11.4 Å². The number of methoxy groups -OCH3 is 1. The van der Waals surface area contributed by atoms with Crippen molar-refractivity contribution in [2.45, 2.75) is 13.3 Å². The largest absolute Gasteiger partial charge is 0.495 e. The van der Waals surface area contributed by atoms with Gasteiger partial charge in [-0.25, -0.2) is 4.98 Å². The second-order valence-corrected chi connectivity index (χ2v) is 5.81. The molecule has 7 nitrogen and oxygen atoms in total. The Balaban J connectivity index is 2.04. The molecule has 0 radical (unpaired) electrons. The Hall–Kier alpha value is -2.93. The highest BCUT2D eigenvalue weighted by Crippen LogP contribution is 2.30. The minimum Gasteiger partial charge on any atom is -0.495 e. The number of aliphatic carboxylic acids is 1. The topological polar surface area (TPSA) is 88.5 Å². The molecular weight excluding hydrogens is 344 g/mol. The highest BCUT2D eigenvalue weighted by atomic mass is 35.5. The van der Waals surface area contributed by atoms with Crippen LogP contribution < -0.4 is 4.74 Å². The summed E-state index contributed by atoms with van der Waals surface area (Å²) in [5, 5.41) is 17.9. The number of carboxylic acid groups (broad SMARTS) is 1. The number of hydrogen-bond donors (Lipinski definition) is 1. The molecule has 0 spiro atoms. The molecule has 2 aromatic heterocycles. The van der Waals surface area contributed by atoms with Crippen molar-refractivity contribution < 1.29 is 14.6 Å². The van der Waals surface area contributed by atoms with Crippen molar-refractivity contribution in [1.29, 1.82) is 0 Å². The van der Waals surface area contributed by atoms with Crippen molar-refractivity contribution in [1.82, 2.24) is 9.38 Å². The lowest BCUT2D eigenvalue weighted by molar-refractivity contribution is -0.136. The predicted molar refractivity (Wildman–Crippen MR) is 93.4 cm³/mol. The van der Waals surface area contributed by atoms with Gasteiger partial charge in [0.25, 0.3) is 0 Å². The van der Waals surface area contributed by atoms with Crippen molar-refractivity contribution in [2.75, 3.05) is 7.11 Å². The fraction of sp³-hybridized carbons (Fsp3) is 0.176. The molecule has 0 saturated carbocycles. The number of fused-ring (bicyclic) bond motifs is 1.